The molecule has 7 heteroatoms. The minimum Gasteiger partial charge on any atom is -0.350 e. The maximum Gasteiger partial charge on any atom is 0.252 e. The van der Waals surface area contributed by atoms with Crippen molar-refractivity contribution in [3.8, 4) is 0 Å². The number of hydrogen-bond donors (Lipinski definition) is 1. The van der Waals surface area contributed by atoms with E-state index in [1.54, 1.807) is 11.8 Å². The van der Waals surface area contributed by atoms with Crippen molar-refractivity contribution in [3.63, 3.8) is 0 Å². The number of fused-ring (bicyclic) bond motifs is 1. The molecule has 0 saturated carbocycles. The summed E-state index contributed by atoms with van der Waals surface area (Å²) < 4.78 is 2.02. The van der Waals surface area contributed by atoms with Crippen LogP contribution in [0.25, 0.3) is 5.65 Å². The van der Waals surface area contributed by atoms with Crippen LogP contribution in [-0.2, 0) is 5.75 Å². The number of nitrogens with zero attached hydrogens (tertiary/aromatic N) is 3. The molecule has 34 heavy (non-hydrogen) atoms. The Morgan fingerprint density at radius 1 is 1.06 bits per heavy atom. The van der Waals surface area contributed by atoms with E-state index in [1.807, 2.05) is 77.5 Å². The Morgan fingerprint density at radius 3 is 2.71 bits per heavy atom. The lowest BCUT2D eigenvalue weighted by Crippen LogP contribution is -2.37. The number of rotatable bonds is 8. The number of halogens is 1. The van der Waals surface area contributed by atoms with E-state index in [4.69, 9.17) is 11.6 Å². The molecule has 0 bridgehead atoms. The quantitative estimate of drug-likeness (QED) is 0.315. The standard InChI is InChI=1S/C27H27ClN4OS/c28-21-9-7-8-20(16-21)24(31-13-5-6-14-31)17-29-27(33)23-10-1-2-11-25(23)34-19-22-18-32-15-4-3-12-26(32)30-22/h1-4,7-12,15-16,18,24H,5-6,13-14,17,19H2,(H,29,33). The van der Waals surface area contributed by atoms with Crippen LogP contribution in [-0.4, -0.2) is 39.8 Å². The summed E-state index contributed by atoms with van der Waals surface area (Å²) >= 11 is 7.91. The van der Waals surface area contributed by atoms with Crippen molar-refractivity contribution in [3.05, 3.63) is 101 Å². The third-order valence-corrected chi connectivity index (χ3v) is 7.53. The zero-order valence-electron chi connectivity index (χ0n) is 18.9. The molecule has 1 amide bonds. The first kappa shape index (κ1) is 23.0. The Hall–Kier alpha value is -2.80. The fourth-order valence-corrected chi connectivity index (χ4v) is 5.63. The zero-order chi connectivity index (χ0) is 23.3. The van der Waals surface area contributed by atoms with Crippen molar-refractivity contribution in [2.45, 2.75) is 29.5 Å². The van der Waals surface area contributed by atoms with Crippen molar-refractivity contribution < 1.29 is 4.79 Å². The van der Waals surface area contributed by atoms with Gasteiger partial charge in [-0.25, -0.2) is 4.98 Å². The normalized spacial score (nSPS) is 15.0. The first-order valence-electron chi connectivity index (χ1n) is 11.6. The fourth-order valence-electron chi connectivity index (χ4n) is 4.50. The highest BCUT2D eigenvalue weighted by molar-refractivity contribution is 7.98. The van der Waals surface area contributed by atoms with Crippen LogP contribution in [0.4, 0.5) is 0 Å². The number of benzene rings is 2. The number of hydrogen-bond acceptors (Lipinski definition) is 4. The van der Waals surface area contributed by atoms with Crippen molar-refractivity contribution in [2.24, 2.45) is 0 Å². The molecule has 5 rings (SSSR count). The van der Waals surface area contributed by atoms with Crippen molar-refractivity contribution in [1.82, 2.24) is 19.6 Å². The van der Waals surface area contributed by atoms with E-state index < -0.39 is 0 Å². The number of carbonyl (C=O) groups excluding carboxylic acids is 1. The Kier molecular flexibility index (Phi) is 7.19. The van der Waals surface area contributed by atoms with E-state index in [2.05, 4.69) is 21.3 Å². The summed E-state index contributed by atoms with van der Waals surface area (Å²) in [6.07, 6.45) is 6.41. The Balaban J connectivity index is 1.28. The number of carbonyl (C=O) groups is 1. The molecule has 0 spiro atoms. The van der Waals surface area contributed by atoms with E-state index in [-0.39, 0.29) is 11.9 Å². The maximum atomic E-state index is 13.2. The molecule has 174 valence electrons. The van der Waals surface area contributed by atoms with Crippen LogP contribution in [0.15, 0.2) is 84.0 Å². The van der Waals surface area contributed by atoms with Gasteiger partial charge >= 0.3 is 0 Å². The summed E-state index contributed by atoms with van der Waals surface area (Å²) in [5, 5.41) is 3.92. The SMILES string of the molecule is O=C(NCC(c1cccc(Cl)c1)N1CCCC1)c1ccccc1SCc1cn2ccccc2n1. The first-order chi connectivity index (χ1) is 16.7. The molecular weight excluding hydrogens is 464 g/mol. The smallest absolute Gasteiger partial charge is 0.252 e. The fraction of sp³-hybridized carbons (Fsp3) is 0.259. The van der Waals surface area contributed by atoms with Crippen molar-refractivity contribution in [1.29, 1.82) is 0 Å². The lowest BCUT2D eigenvalue weighted by atomic mass is 10.1. The summed E-state index contributed by atoms with van der Waals surface area (Å²) in [6, 6.07) is 21.8. The second kappa shape index (κ2) is 10.6. The number of likely N-dealkylation sites (tertiary alicyclic amines) is 1. The molecule has 3 heterocycles. The topological polar surface area (TPSA) is 49.6 Å². The van der Waals surface area contributed by atoms with Crippen molar-refractivity contribution >= 4 is 34.9 Å². The molecule has 2 aromatic carbocycles. The molecule has 0 aliphatic carbocycles. The van der Waals surface area contributed by atoms with Crippen LogP contribution in [0.3, 0.4) is 0 Å². The van der Waals surface area contributed by atoms with Gasteiger partial charge in [0, 0.05) is 34.6 Å². The second-order valence-corrected chi connectivity index (χ2v) is 9.96. The average molecular weight is 491 g/mol. The van der Waals surface area contributed by atoms with Gasteiger partial charge in [0.1, 0.15) is 5.65 Å². The van der Waals surface area contributed by atoms with Crippen LogP contribution in [0.5, 0.6) is 0 Å². The summed E-state index contributed by atoms with van der Waals surface area (Å²) in [5.74, 6) is 0.648. The van der Waals surface area contributed by atoms with Crippen molar-refractivity contribution in [2.75, 3.05) is 19.6 Å². The van der Waals surface area contributed by atoms with Crippen LogP contribution in [0.2, 0.25) is 5.02 Å². The monoisotopic (exact) mass is 490 g/mol. The summed E-state index contributed by atoms with van der Waals surface area (Å²) in [4.78, 5) is 21.3. The number of pyridine rings is 1. The number of aromatic nitrogens is 2. The molecule has 2 aromatic heterocycles. The van der Waals surface area contributed by atoms with E-state index >= 15 is 0 Å². The lowest BCUT2D eigenvalue weighted by Gasteiger charge is -2.28. The number of imidazole rings is 1. The van der Waals surface area contributed by atoms with Gasteiger partial charge in [-0.05, 0) is 67.9 Å². The van der Waals surface area contributed by atoms with E-state index in [9.17, 15) is 4.79 Å². The number of thioether (sulfide) groups is 1. The van der Waals surface area contributed by atoms with Gasteiger partial charge in [0.25, 0.3) is 5.91 Å². The van der Waals surface area contributed by atoms with Crippen LogP contribution in [0.1, 0.15) is 40.5 Å². The molecule has 1 N–H and O–H groups in total. The molecule has 1 aliphatic rings. The van der Waals surface area contributed by atoms with Gasteiger partial charge in [-0.3, -0.25) is 9.69 Å². The van der Waals surface area contributed by atoms with Gasteiger partial charge in [-0.1, -0.05) is 41.9 Å². The predicted molar refractivity (Wildman–Crippen MR) is 139 cm³/mol. The average Bonchev–Trinajstić information content (AvgIpc) is 3.53. The Labute approximate surface area is 209 Å². The molecule has 1 aliphatic heterocycles. The highest BCUT2D eigenvalue weighted by Crippen LogP contribution is 2.28. The highest BCUT2D eigenvalue weighted by atomic mass is 35.5. The van der Waals surface area contributed by atoms with Gasteiger partial charge in [0.2, 0.25) is 0 Å². The van der Waals surface area contributed by atoms with Crippen LogP contribution < -0.4 is 5.32 Å². The van der Waals surface area contributed by atoms with Crippen LogP contribution in [0, 0.1) is 0 Å². The second-order valence-electron chi connectivity index (χ2n) is 8.51. The Morgan fingerprint density at radius 2 is 1.88 bits per heavy atom. The van der Waals surface area contributed by atoms with Gasteiger partial charge in [-0.15, -0.1) is 11.8 Å². The number of amides is 1. The first-order valence-corrected chi connectivity index (χ1v) is 13.0. The van der Waals surface area contributed by atoms with Gasteiger partial charge in [-0.2, -0.15) is 0 Å². The molecule has 0 radical (unpaired) electrons. The summed E-state index contributed by atoms with van der Waals surface area (Å²) in [6.45, 7) is 2.63. The minimum absolute atomic E-state index is 0.0515. The van der Waals surface area contributed by atoms with E-state index in [0.29, 0.717) is 17.9 Å². The largest absolute Gasteiger partial charge is 0.350 e. The highest BCUT2D eigenvalue weighted by Gasteiger charge is 2.24. The number of nitrogens with one attached hydrogen (secondary N) is 1. The molecule has 1 saturated heterocycles. The minimum atomic E-state index is -0.0515. The molecule has 5 nitrogen and oxygen atoms in total. The van der Waals surface area contributed by atoms with Gasteiger partial charge < -0.3 is 9.72 Å². The molecule has 4 aromatic rings. The Bertz CT molecular complexity index is 1250. The van der Waals surface area contributed by atoms with Gasteiger partial charge in [0.15, 0.2) is 0 Å². The van der Waals surface area contributed by atoms with E-state index in [1.165, 1.54) is 12.8 Å². The zero-order valence-corrected chi connectivity index (χ0v) is 20.4. The molecule has 1 fully saturated rings. The van der Waals surface area contributed by atoms with E-state index in [0.717, 1.165) is 39.9 Å². The third-order valence-electron chi connectivity index (χ3n) is 6.19. The summed E-state index contributed by atoms with van der Waals surface area (Å²) in [7, 11) is 0. The molecular formula is C27H27ClN4OS. The maximum absolute atomic E-state index is 13.2. The van der Waals surface area contributed by atoms with Crippen LogP contribution >= 0.6 is 23.4 Å². The third kappa shape index (κ3) is 5.30. The summed E-state index contributed by atoms with van der Waals surface area (Å²) in [5.41, 5.74) is 3.76. The lowest BCUT2D eigenvalue weighted by molar-refractivity contribution is 0.0935. The molecule has 1 atom stereocenters. The van der Waals surface area contributed by atoms with Gasteiger partial charge in [0.05, 0.1) is 17.3 Å². The predicted octanol–water partition coefficient (Wildman–Crippen LogP) is 5.85. The molecule has 1 unspecified atom stereocenters.